The van der Waals surface area contributed by atoms with Crippen LogP contribution in [-0.2, 0) is 9.53 Å². The van der Waals surface area contributed by atoms with Crippen molar-refractivity contribution in [3.63, 3.8) is 0 Å². The first-order valence-corrected chi connectivity index (χ1v) is 6.98. The van der Waals surface area contributed by atoms with Gasteiger partial charge in [-0.2, -0.15) is 0 Å². The van der Waals surface area contributed by atoms with Gasteiger partial charge in [0.05, 0.1) is 6.61 Å². The largest absolute Gasteiger partial charge is 0.481 e. The Morgan fingerprint density at radius 2 is 1.90 bits per heavy atom. The van der Waals surface area contributed by atoms with Gasteiger partial charge in [-0.05, 0) is 32.4 Å². The third-order valence-corrected chi connectivity index (χ3v) is 3.98. The second kappa shape index (κ2) is 5.85. The Hall–Kier alpha value is -1.88. The van der Waals surface area contributed by atoms with E-state index in [9.17, 15) is 14.7 Å². The van der Waals surface area contributed by atoms with Crippen LogP contribution < -0.4 is 0 Å². The van der Waals surface area contributed by atoms with Crippen LogP contribution in [0.3, 0.4) is 0 Å². The molecule has 1 aromatic carbocycles. The highest BCUT2D eigenvalue weighted by molar-refractivity contribution is 5.95. The summed E-state index contributed by atoms with van der Waals surface area (Å²) < 4.78 is 5.04. The molecule has 1 N–H and O–H groups in total. The first-order chi connectivity index (χ1) is 9.88. The van der Waals surface area contributed by atoms with Gasteiger partial charge in [-0.15, -0.1) is 0 Å². The summed E-state index contributed by atoms with van der Waals surface area (Å²) in [5, 5.41) is 9.44. The summed E-state index contributed by atoms with van der Waals surface area (Å²) in [6.45, 7) is 4.66. The van der Waals surface area contributed by atoms with E-state index >= 15 is 0 Å². The summed E-state index contributed by atoms with van der Waals surface area (Å²) in [6.07, 6.45) is 0.423. The fourth-order valence-electron chi connectivity index (χ4n) is 2.96. The molecule has 1 fully saturated rings. The Labute approximate surface area is 124 Å². The average molecular weight is 291 g/mol. The van der Waals surface area contributed by atoms with Crippen LogP contribution in [0.15, 0.2) is 18.2 Å². The van der Waals surface area contributed by atoms with E-state index in [1.807, 2.05) is 32.0 Å². The maximum atomic E-state index is 12.6. The number of nitrogens with zero attached hydrogens (tertiary/aromatic N) is 1. The summed E-state index contributed by atoms with van der Waals surface area (Å²) in [6, 6.07) is 5.69. The SMILES string of the molecule is COCC1(C(=O)O)CCN(C(=O)c2cc(C)cc(C)c2)C1. The normalized spacial score (nSPS) is 21.6. The predicted octanol–water partition coefficient (Wildman–Crippen LogP) is 1.87. The van der Waals surface area contributed by atoms with Gasteiger partial charge >= 0.3 is 5.97 Å². The van der Waals surface area contributed by atoms with Gasteiger partial charge in [0.2, 0.25) is 0 Å². The van der Waals surface area contributed by atoms with Crippen LogP contribution in [0.4, 0.5) is 0 Å². The highest BCUT2D eigenvalue weighted by atomic mass is 16.5. The molecule has 1 aliphatic heterocycles. The number of hydrogen-bond acceptors (Lipinski definition) is 3. The fourth-order valence-corrected chi connectivity index (χ4v) is 2.96. The quantitative estimate of drug-likeness (QED) is 0.919. The van der Waals surface area contributed by atoms with Crippen LogP contribution in [-0.4, -0.2) is 48.7 Å². The highest BCUT2D eigenvalue weighted by Gasteiger charge is 2.46. The highest BCUT2D eigenvalue weighted by Crippen LogP contribution is 2.32. The van der Waals surface area contributed by atoms with E-state index in [2.05, 4.69) is 0 Å². The van der Waals surface area contributed by atoms with Crippen LogP contribution in [0.5, 0.6) is 0 Å². The number of carbonyl (C=O) groups excluding carboxylic acids is 1. The second-order valence-electron chi connectivity index (χ2n) is 5.87. The number of methoxy groups -OCH3 is 1. The molecule has 0 radical (unpaired) electrons. The van der Waals surface area contributed by atoms with Gasteiger partial charge in [0.1, 0.15) is 5.41 Å². The number of carboxylic acid groups (broad SMARTS) is 1. The molecule has 5 nitrogen and oxygen atoms in total. The summed E-state index contributed by atoms with van der Waals surface area (Å²) in [4.78, 5) is 25.7. The molecule has 1 atom stereocenters. The number of likely N-dealkylation sites (tertiary alicyclic amines) is 1. The summed E-state index contributed by atoms with van der Waals surface area (Å²) in [5.74, 6) is -1.01. The van der Waals surface area contributed by atoms with Gasteiger partial charge in [0.25, 0.3) is 5.91 Å². The molecular formula is C16H21NO4. The number of rotatable bonds is 4. The van der Waals surface area contributed by atoms with Crippen LogP contribution in [0.1, 0.15) is 27.9 Å². The topological polar surface area (TPSA) is 66.8 Å². The zero-order valence-electron chi connectivity index (χ0n) is 12.7. The minimum Gasteiger partial charge on any atom is -0.481 e. The van der Waals surface area contributed by atoms with E-state index in [4.69, 9.17) is 4.74 Å². The first kappa shape index (κ1) is 15.5. The van der Waals surface area contributed by atoms with E-state index in [1.54, 1.807) is 4.90 Å². The lowest BCUT2D eigenvalue weighted by atomic mass is 9.88. The van der Waals surface area contributed by atoms with Crippen LogP contribution in [0.25, 0.3) is 0 Å². The number of amides is 1. The Balaban J connectivity index is 2.20. The molecule has 1 aliphatic rings. The fraction of sp³-hybridized carbons (Fsp3) is 0.500. The molecule has 2 rings (SSSR count). The monoisotopic (exact) mass is 291 g/mol. The number of aryl methyl sites for hydroxylation is 2. The number of carboxylic acids is 1. The van der Waals surface area contributed by atoms with Crippen molar-refractivity contribution < 1.29 is 19.4 Å². The zero-order valence-corrected chi connectivity index (χ0v) is 12.7. The average Bonchev–Trinajstić information content (AvgIpc) is 2.83. The molecule has 1 saturated heterocycles. The summed E-state index contributed by atoms with van der Waals surface area (Å²) >= 11 is 0. The number of carbonyl (C=O) groups is 2. The Morgan fingerprint density at radius 3 is 2.43 bits per heavy atom. The van der Waals surface area contributed by atoms with Crippen molar-refractivity contribution in [2.75, 3.05) is 26.8 Å². The minimum absolute atomic E-state index is 0.110. The molecule has 114 valence electrons. The number of hydrogen-bond donors (Lipinski definition) is 1. The van der Waals surface area contributed by atoms with Crippen LogP contribution in [0.2, 0.25) is 0 Å². The van der Waals surface area contributed by atoms with E-state index in [0.29, 0.717) is 18.5 Å². The number of ether oxygens (including phenoxy) is 1. The molecule has 0 aliphatic carbocycles. The van der Waals surface area contributed by atoms with Gasteiger partial charge in [-0.1, -0.05) is 17.2 Å². The molecule has 1 unspecified atom stereocenters. The van der Waals surface area contributed by atoms with Crippen molar-refractivity contribution in [1.82, 2.24) is 4.90 Å². The molecule has 21 heavy (non-hydrogen) atoms. The Morgan fingerprint density at radius 1 is 1.29 bits per heavy atom. The van der Waals surface area contributed by atoms with Crippen molar-refractivity contribution in [2.24, 2.45) is 5.41 Å². The molecular weight excluding hydrogens is 270 g/mol. The van der Waals surface area contributed by atoms with Crippen molar-refractivity contribution in [2.45, 2.75) is 20.3 Å². The molecule has 0 aromatic heterocycles. The Bertz CT molecular complexity index is 549. The summed E-state index contributed by atoms with van der Waals surface area (Å²) in [7, 11) is 1.49. The third kappa shape index (κ3) is 3.08. The first-order valence-electron chi connectivity index (χ1n) is 6.98. The van der Waals surface area contributed by atoms with E-state index in [0.717, 1.165) is 11.1 Å². The van der Waals surface area contributed by atoms with E-state index in [-0.39, 0.29) is 19.1 Å². The van der Waals surface area contributed by atoms with Crippen LogP contribution >= 0.6 is 0 Å². The van der Waals surface area contributed by atoms with Gasteiger partial charge in [-0.3, -0.25) is 9.59 Å². The predicted molar refractivity (Wildman–Crippen MR) is 78.4 cm³/mol. The maximum absolute atomic E-state index is 12.6. The lowest BCUT2D eigenvalue weighted by Gasteiger charge is -2.24. The molecule has 1 heterocycles. The maximum Gasteiger partial charge on any atom is 0.313 e. The zero-order chi connectivity index (χ0) is 15.6. The summed E-state index contributed by atoms with van der Waals surface area (Å²) in [5.41, 5.74) is 1.69. The van der Waals surface area contributed by atoms with Gasteiger partial charge < -0.3 is 14.7 Å². The Kier molecular flexibility index (Phi) is 4.32. The molecule has 5 heteroatoms. The van der Waals surface area contributed by atoms with E-state index in [1.165, 1.54) is 7.11 Å². The van der Waals surface area contributed by atoms with Crippen LogP contribution in [0, 0.1) is 19.3 Å². The van der Waals surface area contributed by atoms with Gasteiger partial charge in [0, 0.05) is 25.8 Å². The third-order valence-electron chi connectivity index (χ3n) is 3.98. The lowest BCUT2D eigenvalue weighted by molar-refractivity contribution is -0.151. The number of aliphatic carboxylic acids is 1. The van der Waals surface area contributed by atoms with Crippen molar-refractivity contribution in [3.05, 3.63) is 34.9 Å². The smallest absolute Gasteiger partial charge is 0.313 e. The van der Waals surface area contributed by atoms with Crippen molar-refractivity contribution in [1.29, 1.82) is 0 Å². The van der Waals surface area contributed by atoms with Gasteiger partial charge in [-0.25, -0.2) is 0 Å². The van der Waals surface area contributed by atoms with Crippen molar-refractivity contribution >= 4 is 11.9 Å². The standard InChI is InChI=1S/C16H21NO4/c1-11-6-12(2)8-13(7-11)14(18)17-5-4-16(9-17,10-21-3)15(19)20/h6-8H,4-5,9-10H2,1-3H3,(H,19,20). The lowest BCUT2D eigenvalue weighted by Crippen LogP contribution is -2.40. The minimum atomic E-state index is -0.983. The second-order valence-corrected chi connectivity index (χ2v) is 5.87. The molecule has 1 aromatic rings. The van der Waals surface area contributed by atoms with Gasteiger partial charge in [0.15, 0.2) is 0 Å². The molecule has 0 saturated carbocycles. The molecule has 0 spiro atoms. The van der Waals surface area contributed by atoms with E-state index < -0.39 is 11.4 Å². The molecule has 1 amide bonds. The number of benzene rings is 1. The molecule has 0 bridgehead atoms. The van der Waals surface area contributed by atoms with Crippen molar-refractivity contribution in [3.8, 4) is 0 Å².